The lowest BCUT2D eigenvalue weighted by molar-refractivity contribution is 0.309. The maximum absolute atomic E-state index is 10.6. The number of aliphatic hydroxyl groups excluding tert-OH is 1. The molecule has 0 heterocycles. The summed E-state index contributed by atoms with van der Waals surface area (Å²) in [5.41, 5.74) is 4.15. The second kappa shape index (κ2) is 7.50. The molecule has 2 aromatic carbocycles. The first kappa shape index (κ1) is 16.6. The number of benzene rings is 2. The minimum absolute atomic E-state index is 0.142. The number of hydrogen-bond donors (Lipinski definition) is 1. The predicted octanol–water partition coefficient (Wildman–Crippen LogP) is 5.61. The summed E-state index contributed by atoms with van der Waals surface area (Å²) in [5, 5.41) is 10.6. The standard InChI is InChI=1S/C21H22O2/c1-15(2)20(22)19(18-13-9-6-10-14-18)21(23-4)16(3)17-11-7-5-8-12-17/h5-14,22H,1H2,2-4H3/b20-19+,21-16-. The number of rotatable bonds is 5. The molecule has 0 aliphatic heterocycles. The second-order valence-electron chi connectivity index (χ2n) is 5.39. The molecular weight excluding hydrogens is 284 g/mol. The summed E-state index contributed by atoms with van der Waals surface area (Å²) in [7, 11) is 1.62. The van der Waals surface area contributed by atoms with Crippen LogP contribution in [-0.4, -0.2) is 12.2 Å². The topological polar surface area (TPSA) is 29.5 Å². The Kier molecular flexibility index (Phi) is 5.42. The van der Waals surface area contributed by atoms with Crippen LogP contribution in [0.4, 0.5) is 0 Å². The third-order valence-electron chi connectivity index (χ3n) is 3.68. The molecule has 0 aliphatic rings. The lowest BCUT2D eigenvalue weighted by Gasteiger charge is -2.17. The van der Waals surface area contributed by atoms with E-state index in [1.165, 1.54) is 0 Å². The molecule has 0 spiro atoms. The van der Waals surface area contributed by atoms with Crippen LogP contribution in [-0.2, 0) is 4.74 Å². The van der Waals surface area contributed by atoms with Crippen molar-refractivity contribution >= 4 is 11.1 Å². The fourth-order valence-corrected chi connectivity index (χ4v) is 2.46. The van der Waals surface area contributed by atoms with Crippen LogP contribution in [0.25, 0.3) is 11.1 Å². The molecule has 118 valence electrons. The van der Waals surface area contributed by atoms with Crippen LogP contribution in [0.15, 0.2) is 84.3 Å². The first-order valence-corrected chi connectivity index (χ1v) is 7.51. The van der Waals surface area contributed by atoms with Crippen molar-refractivity contribution in [2.45, 2.75) is 13.8 Å². The quantitative estimate of drug-likeness (QED) is 0.574. The fraction of sp³-hybridized carbons (Fsp3) is 0.143. The van der Waals surface area contributed by atoms with Crippen LogP contribution in [0.5, 0.6) is 0 Å². The van der Waals surface area contributed by atoms with Crippen LogP contribution in [0.1, 0.15) is 25.0 Å². The van der Waals surface area contributed by atoms with Gasteiger partial charge >= 0.3 is 0 Å². The molecule has 0 bridgehead atoms. The van der Waals surface area contributed by atoms with Crippen LogP contribution in [0.3, 0.4) is 0 Å². The van der Waals surface area contributed by atoms with Crippen molar-refractivity contribution in [1.82, 2.24) is 0 Å². The van der Waals surface area contributed by atoms with Crippen molar-refractivity contribution < 1.29 is 9.84 Å². The second-order valence-corrected chi connectivity index (χ2v) is 5.39. The fourth-order valence-electron chi connectivity index (χ4n) is 2.46. The molecule has 2 aromatic rings. The normalized spacial score (nSPS) is 13.0. The van der Waals surface area contributed by atoms with Gasteiger partial charge in [0.05, 0.1) is 12.7 Å². The van der Waals surface area contributed by atoms with E-state index in [1.807, 2.05) is 67.6 Å². The van der Waals surface area contributed by atoms with Crippen molar-refractivity contribution in [3.63, 3.8) is 0 Å². The lowest BCUT2D eigenvalue weighted by Crippen LogP contribution is -2.01. The molecule has 0 radical (unpaired) electrons. The van der Waals surface area contributed by atoms with Crippen molar-refractivity contribution in [3.05, 3.63) is 95.5 Å². The van der Waals surface area contributed by atoms with Gasteiger partial charge in [-0.1, -0.05) is 67.2 Å². The summed E-state index contributed by atoms with van der Waals surface area (Å²) < 4.78 is 5.68. The Bertz CT molecular complexity index is 738. The smallest absolute Gasteiger partial charge is 0.133 e. The highest BCUT2D eigenvalue weighted by atomic mass is 16.5. The molecule has 0 aliphatic carbocycles. The van der Waals surface area contributed by atoms with Crippen molar-refractivity contribution in [3.8, 4) is 0 Å². The van der Waals surface area contributed by atoms with E-state index < -0.39 is 0 Å². The van der Waals surface area contributed by atoms with Crippen LogP contribution in [0.2, 0.25) is 0 Å². The van der Waals surface area contributed by atoms with Gasteiger partial charge in [-0.25, -0.2) is 0 Å². The van der Waals surface area contributed by atoms with Crippen molar-refractivity contribution in [1.29, 1.82) is 0 Å². The number of allylic oxidation sites excluding steroid dienone is 3. The zero-order chi connectivity index (χ0) is 16.8. The van der Waals surface area contributed by atoms with Gasteiger partial charge in [0.15, 0.2) is 0 Å². The minimum atomic E-state index is 0.142. The number of hydrogen-bond acceptors (Lipinski definition) is 2. The van der Waals surface area contributed by atoms with E-state index in [0.29, 0.717) is 16.9 Å². The Hall–Kier alpha value is -2.74. The molecular formula is C21H22O2. The Morgan fingerprint density at radius 1 is 0.870 bits per heavy atom. The van der Waals surface area contributed by atoms with Crippen LogP contribution >= 0.6 is 0 Å². The highest BCUT2D eigenvalue weighted by Gasteiger charge is 2.18. The maximum Gasteiger partial charge on any atom is 0.133 e. The molecule has 0 unspecified atom stereocenters. The number of aliphatic hydroxyl groups is 1. The maximum atomic E-state index is 10.6. The summed E-state index contributed by atoms with van der Waals surface area (Å²) in [5.74, 6) is 0.784. The highest BCUT2D eigenvalue weighted by molar-refractivity contribution is 5.89. The Morgan fingerprint density at radius 3 is 1.78 bits per heavy atom. The Balaban J connectivity index is 2.72. The summed E-state index contributed by atoms with van der Waals surface area (Å²) in [6.07, 6.45) is 0. The zero-order valence-electron chi connectivity index (χ0n) is 13.8. The average molecular weight is 306 g/mol. The largest absolute Gasteiger partial charge is 0.507 e. The molecule has 0 aromatic heterocycles. The highest BCUT2D eigenvalue weighted by Crippen LogP contribution is 2.34. The van der Waals surface area contributed by atoms with E-state index in [4.69, 9.17) is 4.74 Å². The molecule has 0 saturated heterocycles. The number of methoxy groups -OCH3 is 1. The summed E-state index contributed by atoms with van der Waals surface area (Å²) >= 11 is 0. The van der Waals surface area contributed by atoms with E-state index in [-0.39, 0.29) is 5.76 Å². The molecule has 0 atom stereocenters. The van der Waals surface area contributed by atoms with Gasteiger partial charge in [0.1, 0.15) is 11.5 Å². The predicted molar refractivity (Wildman–Crippen MR) is 96.8 cm³/mol. The monoisotopic (exact) mass is 306 g/mol. The van der Waals surface area contributed by atoms with Gasteiger partial charge in [-0.3, -0.25) is 0 Å². The third kappa shape index (κ3) is 3.72. The molecule has 0 fully saturated rings. The molecule has 0 amide bonds. The molecule has 1 N–H and O–H groups in total. The summed E-state index contributed by atoms with van der Waals surface area (Å²) in [6, 6.07) is 19.7. The first-order valence-electron chi connectivity index (χ1n) is 7.51. The first-order chi connectivity index (χ1) is 11.1. The van der Waals surface area contributed by atoms with Crippen LogP contribution in [0, 0.1) is 0 Å². The van der Waals surface area contributed by atoms with Gasteiger partial charge in [0, 0.05) is 0 Å². The average Bonchev–Trinajstić information content (AvgIpc) is 2.60. The SMILES string of the molecule is C=C(C)/C(O)=C(\C(OC)=C(/C)c1ccccc1)c1ccccc1. The molecule has 0 saturated carbocycles. The van der Waals surface area contributed by atoms with Gasteiger partial charge in [-0.15, -0.1) is 0 Å². The Morgan fingerprint density at radius 2 is 1.35 bits per heavy atom. The minimum Gasteiger partial charge on any atom is -0.507 e. The molecule has 2 nitrogen and oxygen atoms in total. The summed E-state index contributed by atoms with van der Waals surface area (Å²) in [6.45, 7) is 7.63. The lowest BCUT2D eigenvalue weighted by atomic mass is 9.95. The van der Waals surface area contributed by atoms with Gasteiger partial charge in [0.25, 0.3) is 0 Å². The van der Waals surface area contributed by atoms with Gasteiger partial charge in [-0.2, -0.15) is 0 Å². The van der Waals surface area contributed by atoms with E-state index in [1.54, 1.807) is 14.0 Å². The number of ether oxygens (including phenoxy) is 1. The van der Waals surface area contributed by atoms with Crippen LogP contribution < -0.4 is 0 Å². The third-order valence-corrected chi connectivity index (χ3v) is 3.68. The van der Waals surface area contributed by atoms with E-state index in [0.717, 1.165) is 16.7 Å². The van der Waals surface area contributed by atoms with E-state index in [2.05, 4.69) is 6.58 Å². The van der Waals surface area contributed by atoms with Crippen molar-refractivity contribution in [2.75, 3.05) is 7.11 Å². The van der Waals surface area contributed by atoms with Crippen molar-refractivity contribution in [2.24, 2.45) is 0 Å². The summed E-state index contributed by atoms with van der Waals surface area (Å²) in [4.78, 5) is 0. The Labute approximate surface area is 138 Å². The van der Waals surface area contributed by atoms with Gasteiger partial charge in [-0.05, 0) is 36.1 Å². The van der Waals surface area contributed by atoms with Gasteiger partial charge < -0.3 is 9.84 Å². The van der Waals surface area contributed by atoms with E-state index in [9.17, 15) is 5.11 Å². The molecule has 2 heteroatoms. The molecule has 2 rings (SSSR count). The van der Waals surface area contributed by atoms with Gasteiger partial charge in [0.2, 0.25) is 0 Å². The molecule has 23 heavy (non-hydrogen) atoms. The zero-order valence-corrected chi connectivity index (χ0v) is 13.8. The van der Waals surface area contributed by atoms with E-state index >= 15 is 0 Å².